The van der Waals surface area contributed by atoms with Crippen LogP contribution in [-0.2, 0) is 17.9 Å². The Labute approximate surface area is 107 Å². The number of rotatable bonds is 0. The Morgan fingerprint density at radius 2 is 1.67 bits per heavy atom. The highest BCUT2D eigenvalue weighted by molar-refractivity contribution is 7.89. The molecule has 0 saturated heterocycles. The van der Waals surface area contributed by atoms with Gasteiger partial charge in [-0.3, -0.25) is 0 Å². The van der Waals surface area contributed by atoms with Gasteiger partial charge in [-0.1, -0.05) is 6.07 Å². The van der Waals surface area contributed by atoms with Gasteiger partial charge in [0.25, 0.3) is 0 Å². The molecule has 18 heavy (non-hydrogen) atoms. The van der Waals surface area contributed by atoms with Crippen molar-refractivity contribution in [1.29, 1.82) is 0 Å². The third-order valence-corrected chi connectivity index (χ3v) is 4.08. The molecule has 1 aliphatic heterocycles. The van der Waals surface area contributed by atoms with E-state index in [9.17, 15) is 14.8 Å². The Hall–Kier alpha value is -1.69. The Morgan fingerprint density at radius 3 is 2.44 bits per heavy atom. The van der Waals surface area contributed by atoms with Crippen molar-refractivity contribution in [2.45, 2.75) is 11.4 Å². The summed E-state index contributed by atoms with van der Waals surface area (Å²) in [5, 5.41) is 19.0. The van der Waals surface area contributed by atoms with Crippen LogP contribution >= 0.6 is 0 Å². The standard InChI is InChI=1S/C13H11NO3S/c15-9-1-3-11-8(5-9)7-14-18(17)13-6-10(16)2-4-12(11)13/h1-6,14-16H,7H2/t18-/m0/s1. The summed E-state index contributed by atoms with van der Waals surface area (Å²) in [5.74, 6) is 0.273. The van der Waals surface area contributed by atoms with E-state index in [1.807, 2.05) is 0 Å². The molecule has 4 nitrogen and oxygen atoms in total. The van der Waals surface area contributed by atoms with E-state index >= 15 is 0 Å². The van der Waals surface area contributed by atoms with Gasteiger partial charge in [-0.05, 0) is 35.4 Å². The first-order valence-corrected chi connectivity index (χ1v) is 6.61. The molecule has 1 heterocycles. The molecule has 0 fully saturated rings. The number of phenolic OH excluding ortho intramolecular Hbond substituents is 2. The van der Waals surface area contributed by atoms with Crippen molar-refractivity contribution in [2.24, 2.45) is 0 Å². The van der Waals surface area contributed by atoms with E-state index in [2.05, 4.69) is 4.72 Å². The Kier molecular flexibility index (Phi) is 2.66. The van der Waals surface area contributed by atoms with Gasteiger partial charge in [-0.25, -0.2) is 0 Å². The fraction of sp³-hybridized carbons (Fsp3) is 0.0769. The SMILES string of the molecule is [O-][S@+]1NCc2cc(O)ccc2-c2ccc(O)cc21. The lowest BCUT2D eigenvalue weighted by molar-refractivity contribution is 0.473. The molecule has 2 aromatic rings. The molecule has 3 rings (SSSR count). The molecule has 0 aromatic heterocycles. The summed E-state index contributed by atoms with van der Waals surface area (Å²) in [6.07, 6.45) is 0. The van der Waals surface area contributed by atoms with Crippen LogP contribution in [0.15, 0.2) is 41.3 Å². The van der Waals surface area contributed by atoms with Crippen molar-refractivity contribution in [3.8, 4) is 22.6 Å². The highest BCUT2D eigenvalue weighted by Crippen LogP contribution is 2.36. The van der Waals surface area contributed by atoms with E-state index in [0.29, 0.717) is 11.4 Å². The highest BCUT2D eigenvalue weighted by atomic mass is 32.2. The van der Waals surface area contributed by atoms with E-state index < -0.39 is 11.4 Å². The smallest absolute Gasteiger partial charge is 0.185 e. The lowest BCUT2D eigenvalue weighted by Crippen LogP contribution is -2.21. The lowest BCUT2D eigenvalue weighted by atomic mass is 9.99. The average molecular weight is 261 g/mol. The number of benzene rings is 2. The molecule has 2 aromatic carbocycles. The summed E-state index contributed by atoms with van der Waals surface area (Å²) >= 11 is -1.37. The summed E-state index contributed by atoms with van der Waals surface area (Å²) in [4.78, 5) is 0.555. The predicted molar refractivity (Wildman–Crippen MR) is 68.5 cm³/mol. The van der Waals surface area contributed by atoms with Crippen LogP contribution in [0.3, 0.4) is 0 Å². The third-order valence-electron chi connectivity index (χ3n) is 2.94. The van der Waals surface area contributed by atoms with Crippen molar-refractivity contribution in [3.63, 3.8) is 0 Å². The van der Waals surface area contributed by atoms with E-state index in [1.165, 1.54) is 6.07 Å². The molecule has 0 unspecified atom stereocenters. The van der Waals surface area contributed by atoms with Gasteiger partial charge < -0.3 is 14.8 Å². The van der Waals surface area contributed by atoms with Crippen molar-refractivity contribution < 1.29 is 14.8 Å². The van der Waals surface area contributed by atoms with Gasteiger partial charge in [0.05, 0.1) is 17.9 Å². The van der Waals surface area contributed by atoms with Gasteiger partial charge in [0, 0.05) is 11.6 Å². The summed E-state index contributed by atoms with van der Waals surface area (Å²) in [6, 6.07) is 9.86. The lowest BCUT2D eigenvalue weighted by Gasteiger charge is -2.10. The summed E-state index contributed by atoms with van der Waals surface area (Å²) in [6.45, 7) is 0.409. The first-order chi connectivity index (χ1) is 8.65. The number of nitrogens with one attached hydrogen (secondary N) is 1. The van der Waals surface area contributed by atoms with Crippen molar-refractivity contribution in [3.05, 3.63) is 42.0 Å². The monoisotopic (exact) mass is 261 g/mol. The fourth-order valence-corrected chi connectivity index (χ4v) is 3.14. The minimum absolute atomic E-state index is 0.0890. The molecular formula is C13H11NO3S. The largest absolute Gasteiger partial charge is 0.593 e. The number of hydrogen-bond donors (Lipinski definition) is 3. The molecule has 0 amide bonds. The highest BCUT2D eigenvalue weighted by Gasteiger charge is 2.24. The van der Waals surface area contributed by atoms with Crippen molar-refractivity contribution >= 4 is 11.4 Å². The number of phenols is 2. The maximum absolute atomic E-state index is 12.0. The van der Waals surface area contributed by atoms with Gasteiger partial charge in [-0.15, -0.1) is 4.72 Å². The first kappa shape index (κ1) is 11.4. The molecule has 0 spiro atoms. The van der Waals surface area contributed by atoms with Crippen LogP contribution < -0.4 is 4.72 Å². The number of aromatic hydroxyl groups is 2. The molecule has 1 atom stereocenters. The second-order valence-corrected chi connectivity index (χ2v) is 5.38. The van der Waals surface area contributed by atoms with Gasteiger partial charge >= 0.3 is 0 Å². The number of hydrogen-bond acceptors (Lipinski definition) is 4. The van der Waals surface area contributed by atoms with Crippen LogP contribution in [-0.4, -0.2) is 14.8 Å². The van der Waals surface area contributed by atoms with Crippen LogP contribution in [0.25, 0.3) is 11.1 Å². The molecule has 3 N–H and O–H groups in total. The molecule has 0 radical (unpaired) electrons. The Bertz CT molecular complexity index is 615. The zero-order valence-corrected chi connectivity index (χ0v) is 10.2. The minimum Gasteiger partial charge on any atom is -0.593 e. The van der Waals surface area contributed by atoms with E-state index in [0.717, 1.165) is 16.7 Å². The van der Waals surface area contributed by atoms with Gasteiger partial charge in [-0.2, -0.15) is 0 Å². The quantitative estimate of drug-likeness (QED) is 0.633. The zero-order valence-electron chi connectivity index (χ0n) is 9.38. The second-order valence-electron chi connectivity index (χ2n) is 4.11. The fourth-order valence-electron chi connectivity index (χ4n) is 2.10. The molecule has 1 aliphatic rings. The van der Waals surface area contributed by atoms with Gasteiger partial charge in [0.1, 0.15) is 11.5 Å². The minimum atomic E-state index is -1.37. The molecule has 0 aliphatic carbocycles. The van der Waals surface area contributed by atoms with E-state index in [-0.39, 0.29) is 11.5 Å². The van der Waals surface area contributed by atoms with Crippen molar-refractivity contribution in [1.82, 2.24) is 4.72 Å². The van der Waals surface area contributed by atoms with Gasteiger partial charge in [0.2, 0.25) is 0 Å². The molecule has 0 saturated carbocycles. The first-order valence-electron chi connectivity index (χ1n) is 5.46. The summed E-state index contributed by atoms with van der Waals surface area (Å²) in [5.41, 5.74) is 2.61. The Balaban J connectivity index is 2.26. The normalized spacial score (nSPS) is 17.7. The third kappa shape index (κ3) is 1.82. The van der Waals surface area contributed by atoms with Crippen LogP contribution in [0.2, 0.25) is 0 Å². The maximum Gasteiger partial charge on any atom is 0.185 e. The topological polar surface area (TPSA) is 75.5 Å². The molecular weight excluding hydrogens is 250 g/mol. The number of fused-ring (bicyclic) bond motifs is 3. The van der Waals surface area contributed by atoms with Crippen LogP contribution in [0, 0.1) is 0 Å². The Morgan fingerprint density at radius 1 is 1.00 bits per heavy atom. The summed E-state index contributed by atoms with van der Waals surface area (Å²) in [7, 11) is 0. The molecule has 92 valence electrons. The molecule has 0 bridgehead atoms. The second kappa shape index (κ2) is 4.20. The van der Waals surface area contributed by atoms with Crippen LogP contribution in [0.4, 0.5) is 0 Å². The van der Waals surface area contributed by atoms with E-state index in [4.69, 9.17) is 0 Å². The van der Waals surface area contributed by atoms with Crippen LogP contribution in [0.1, 0.15) is 5.56 Å². The molecule has 5 heteroatoms. The zero-order chi connectivity index (χ0) is 12.7. The maximum atomic E-state index is 12.0. The summed E-state index contributed by atoms with van der Waals surface area (Å²) < 4.78 is 14.9. The predicted octanol–water partition coefficient (Wildman–Crippen LogP) is 1.89. The van der Waals surface area contributed by atoms with Crippen molar-refractivity contribution in [2.75, 3.05) is 0 Å². The van der Waals surface area contributed by atoms with E-state index in [1.54, 1.807) is 30.3 Å². The average Bonchev–Trinajstić information content (AvgIpc) is 2.48. The van der Waals surface area contributed by atoms with Crippen LogP contribution in [0.5, 0.6) is 11.5 Å². The van der Waals surface area contributed by atoms with Gasteiger partial charge in [0.15, 0.2) is 4.90 Å².